The Labute approximate surface area is 130 Å². The third-order valence-electron chi connectivity index (χ3n) is 2.46. The maximum absolute atomic E-state index is 13.3. The normalized spacial score (nSPS) is 12.7. The van der Waals surface area contributed by atoms with E-state index in [0.717, 1.165) is 13.1 Å². The highest BCUT2D eigenvalue weighted by atomic mass is 79.9. The molecule has 1 unspecified atom stereocenters. The summed E-state index contributed by atoms with van der Waals surface area (Å²) in [6.07, 6.45) is -0.335. The van der Waals surface area contributed by atoms with Gasteiger partial charge in [0.2, 0.25) is 0 Å². The molecule has 0 aliphatic rings. The van der Waals surface area contributed by atoms with Gasteiger partial charge in [-0.2, -0.15) is 0 Å². The molecule has 0 saturated heterocycles. The minimum absolute atomic E-state index is 0.0905. The number of aliphatic hydroxyl groups is 1. The average molecular weight is 415 g/mol. The van der Waals surface area contributed by atoms with E-state index in [-0.39, 0.29) is 5.02 Å². The summed E-state index contributed by atoms with van der Waals surface area (Å²) in [6, 6.07) is 6.41. The van der Waals surface area contributed by atoms with Crippen LogP contribution in [0.25, 0.3) is 0 Å². The molecule has 0 spiro atoms. The summed E-state index contributed by atoms with van der Waals surface area (Å²) in [5.74, 6) is -0.466. The first-order valence-electron chi connectivity index (χ1n) is 5.04. The Morgan fingerprint density at radius 2 is 2.06 bits per heavy atom. The molecule has 0 saturated carbocycles. The van der Waals surface area contributed by atoms with Crippen molar-refractivity contribution in [1.82, 2.24) is 0 Å². The molecule has 0 amide bonds. The third-order valence-corrected chi connectivity index (χ3v) is 5.15. The highest BCUT2D eigenvalue weighted by Crippen LogP contribution is 2.36. The van der Waals surface area contributed by atoms with E-state index < -0.39 is 11.9 Å². The van der Waals surface area contributed by atoms with Crippen LogP contribution in [-0.2, 0) is 6.42 Å². The minimum atomic E-state index is -0.678. The van der Waals surface area contributed by atoms with Gasteiger partial charge in [0.05, 0.1) is 18.7 Å². The van der Waals surface area contributed by atoms with Crippen molar-refractivity contribution in [1.29, 1.82) is 0 Å². The molecule has 96 valence electrons. The molecule has 1 atom stereocenters. The number of hydrogen-bond acceptors (Lipinski definition) is 2. The van der Waals surface area contributed by atoms with Gasteiger partial charge in [-0.15, -0.1) is 11.3 Å². The van der Waals surface area contributed by atoms with E-state index in [4.69, 9.17) is 11.6 Å². The van der Waals surface area contributed by atoms with E-state index in [9.17, 15) is 9.50 Å². The van der Waals surface area contributed by atoms with Crippen molar-refractivity contribution >= 4 is 54.8 Å². The Balaban J connectivity index is 2.18. The summed E-state index contributed by atoms with van der Waals surface area (Å²) < 4.78 is 15.1. The van der Waals surface area contributed by atoms with Gasteiger partial charge in [-0.1, -0.05) is 17.7 Å². The van der Waals surface area contributed by atoms with Gasteiger partial charge in [0.1, 0.15) is 5.82 Å². The van der Waals surface area contributed by atoms with Crippen LogP contribution < -0.4 is 0 Å². The quantitative estimate of drug-likeness (QED) is 0.719. The molecule has 1 aromatic heterocycles. The molecule has 0 radical (unpaired) electrons. The highest BCUT2D eigenvalue weighted by Gasteiger charge is 2.15. The lowest BCUT2D eigenvalue weighted by molar-refractivity contribution is 0.178. The second-order valence-corrected chi connectivity index (χ2v) is 7.90. The van der Waals surface area contributed by atoms with E-state index in [0.29, 0.717) is 12.0 Å². The lowest BCUT2D eigenvalue weighted by Gasteiger charge is -2.10. The van der Waals surface area contributed by atoms with Gasteiger partial charge < -0.3 is 5.11 Å². The van der Waals surface area contributed by atoms with E-state index in [1.807, 2.05) is 6.07 Å². The number of halogens is 4. The smallest absolute Gasteiger partial charge is 0.142 e. The van der Waals surface area contributed by atoms with Gasteiger partial charge in [-0.05, 0) is 55.6 Å². The Bertz CT molecular complexity index is 573. The number of rotatable bonds is 3. The monoisotopic (exact) mass is 412 g/mol. The Morgan fingerprint density at radius 1 is 1.33 bits per heavy atom. The summed E-state index contributed by atoms with van der Waals surface area (Å²) in [6.45, 7) is 0. The van der Waals surface area contributed by atoms with Crippen molar-refractivity contribution in [3.05, 3.63) is 53.8 Å². The minimum Gasteiger partial charge on any atom is -0.388 e. The zero-order valence-corrected chi connectivity index (χ0v) is 13.7. The molecule has 1 heterocycles. The Hall–Kier alpha value is 0.0600. The van der Waals surface area contributed by atoms with Crippen molar-refractivity contribution in [3.63, 3.8) is 0 Å². The first kappa shape index (κ1) is 14.5. The summed E-state index contributed by atoms with van der Waals surface area (Å²) >= 11 is 13.9. The Kier molecular flexibility index (Phi) is 4.83. The van der Waals surface area contributed by atoms with Crippen molar-refractivity contribution in [2.45, 2.75) is 12.5 Å². The molecule has 6 heteroatoms. The van der Waals surface area contributed by atoms with Crippen LogP contribution in [0, 0.1) is 5.82 Å². The molecule has 0 aliphatic heterocycles. The standard InChI is InChI=1S/C12H8Br2ClFOS/c13-11-5-7(12(14)18-11)10(17)4-6-1-2-8(15)9(16)3-6/h1-3,5,10,17H,4H2. The second kappa shape index (κ2) is 6.01. The first-order chi connectivity index (χ1) is 8.47. The summed E-state index contributed by atoms with van der Waals surface area (Å²) in [5, 5.41) is 10.2. The van der Waals surface area contributed by atoms with E-state index >= 15 is 0 Å². The van der Waals surface area contributed by atoms with Crippen molar-refractivity contribution in [3.8, 4) is 0 Å². The molecule has 0 fully saturated rings. The second-order valence-electron chi connectivity index (χ2n) is 3.75. The van der Waals surface area contributed by atoms with Gasteiger partial charge in [-0.25, -0.2) is 4.39 Å². The average Bonchev–Trinajstić information content (AvgIpc) is 2.63. The molecule has 18 heavy (non-hydrogen) atoms. The fraction of sp³-hybridized carbons (Fsp3) is 0.167. The van der Waals surface area contributed by atoms with Gasteiger partial charge in [0.25, 0.3) is 0 Å². The SMILES string of the molecule is OC(Cc1ccc(Cl)c(F)c1)c1cc(Br)sc1Br. The molecule has 1 N–H and O–H groups in total. The molecule has 1 nitrogen and oxygen atoms in total. The van der Waals surface area contributed by atoms with Crippen molar-refractivity contribution in [2.75, 3.05) is 0 Å². The molecule has 0 bridgehead atoms. The van der Waals surface area contributed by atoms with Crippen LogP contribution in [0.15, 0.2) is 31.8 Å². The van der Waals surface area contributed by atoms with Crippen LogP contribution >= 0.6 is 54.8 Å². The molecule has 0 aliphatic carbocycles. The third kappa shape index (κ3) is 3.33. The van der Waals surface area contributed by atoms with Gasteiger partial charge in [0, 0.05) is 12.0 Å². The van der Waals surface area contributed by atoms with Gasteiger partial charge >= 0.3 is 0 Å². The summed E-state index contributed by atoms with van der Waals surface area (Å²) in [4.78, 5) is 0. The zero-order valence-electron chi connectivity index (χ0n) is 8.96. The molecule has 1 aromatic carbocycles. The maximum atomic E-state index is 13.3. The summed E-state index contributed by atoms with van der Waals surface area (Å²) in [7, 11) is 0. The highest BCUT2D eigenvalue weighted by molar-refractivity contribution is 9.12. The van der Waals surface area contributed by atoms with Crippen LogP contribution in [0.1, 0.15) is 17.2 Å². The lowest BCUT2D eigenvalue weighted by atomic mass is 10.0. The predicted octanol–water partition coefficient (Wildman–Crippen LogP) is 5.34. The molecular formula is C12H8Br2ClFOS. The number of benzene rings is 1. The van der Waals surface area contributed by atoms with Gasteiger partial charge in [0.15, 0.2) is 0 Å². The van der Waals surface area contributed by atoms with Gasteiger partial charge in [-0.3, -0.25) is 0 Å². The molecule has 2 aromatic rings. The van der Waals surface area contributed by atoms with E-state index in [1.165, 1.54) is 23.5 Å². The predicted molar refractivity (Wildman–Crippen MR) is 79.8 cm³/mol. The van der Waals surface area contributed by atoms with Crippen molar-refractivity contribution in [2.24, 2.45) is 0 Å². The number of thiophene rings is 1. The topological polar surface area (TPSA) is 20.2 Å². The maximum Gasteiger partial charge on any atom is 0.142 e. The van der Waals surface area contributed by atoms with Crippen LogP contribution in [0.4, 0.5) is 4.39 Å². The Morgan fingerprint density at radius 3 is 2.61 bits per heavy atom. The first-order valence-corrected chi connectivity index (χ1v) is 7.82. The van der Waals surface area contributed by atoms with E-state index in [1.54, 1.807) is 6.07 Å². The fourth-order valence-electron chi connectivity index (χ4n) is 1.58. The summed E-state index contributed by atoms with van der Waals surface area (Å²) in [5.41, 5.74) is 1.50. The van der Waals surface area contributed by atoms with E-state index in [2.05, 4.69) is 31.9 Å². The number of aliphatic hydroxyl groups excluding tert-OH is 1. The molecular weight excluding hydrogens is 406 g/mol. The van der Waals surface area contributed by atoms with Crippen LogP contribution in [-0.4, -0.2) is 5.11 Å². The fourth-order valence-corrected chi connectivity index (χ4v) is 4.65. The molecule has 2 rings (SSSR count). The van der Waals surface area contributed by atoms with Crippen LogP contribution in [0.5, 0.6) is 0 Å². The lowest BCUT2D eigenvalue weighted by Crippen LogP contribution is -2.01. The largest absolute Gasteiger partial charge is 0.388 e. The van der Waals surface area contributed by atoms with Crippen LogP contribution in [0.3, 0.4) is 0 Å². The number of hydrogen-bond donors (Lipinski definition) is 1. The van der Waals surface area contributed by atoms with Crippen LogP contribution in [0.2, 0.25) is 5.02 Å². The zero-order chi connectivity index (χ0) is 13.3. The van der Waals surface area contributed by atoms with Crippen molar-refractivity contribution < 1.29 is 9.50 Å².